The van der Waals surface area contributed by atoms with E-state index in [4.69, 9.17) is 28.6 Å². The molecule has 0 aromatic heterocycles. The molecule has 0 spiro atoms. The Morgan fingerprint density at radius 2 is 2.08 bits per heavy atom. The molecule has 1 aliphatic rings. The first-order chi connectivity index (χ1) is 12.5. The number of hydrogen-bond acceptors (Lipinski definition) is 4. The van der Waals surface area contributed by atoms with Gasteiger partial charge in [0.25, 0.3) is 5.91 Å². The Morgan fingerprint density at radius 3 is 2.77 bits per heavy atom. The van der Waals surface area contributed by atoms with Crippen molar-refractivity contribution in [1.82, 2.24) is 4.90 Å². The number of carbonyl (C=O) groups excluding carboxylic acids is 1. The molecular weight excluding hydrogens is 454 g/mol. The van der Waals surface area contributed by atoms with E-state index >= 15 is 0 Å². The molecule has 0 N–H and O–H groups in total. The zero-order chi connectivity index (χ0) is 18.7. The van der Waals surface area contributed by atoms with Crippen LogP contribution in [-0.4, -0.2) is 21.7 Å². The zero-order valence-corrected chi connectivity index (χ0v) is 17.8. The average molecular weight is 469 g/mol. The fraction of sp³-hybridized carbons (Fsp3) is 0.158. The third kappa shape index (κ3) is 4.31. The summed E-state index contributed by atoms with van der Waals surface area (Å²) < 4.78 is 7.45. The van der Waals surface area contributed by atoms with Gasteiger partial charge in [0.05, 0.1) is 4.91 Å². The van der Waals surface area contributed by atoms with Crippen LogP contribution in [0.3, 0.4) is 0 Å². The van der Waals surface area contributed by atoms with E-state index in [-0.39, 0.29) is 5.91 Å². The lowest BCUT2D eigenvalue weighted by molar-refractivity contribution is -0.121. The van der Waals surface area contributed by atoms with Gasteiger partial charge in [0.15, 0.2) is 0 Å². The monoisotopic (exact) mass is 467 g/mol. The second-order valence-corrected chi connectivity index (χ2v) is 8.49. The number of likely N-dealkylation sites (N-methyl/N-ethyl adjacent to an activating group) is 1. The van der Waals surface area contributed by atoms with Crippen molar-refractivity contribution in [2.75, 3.05) is 6.54 Å². The highest BCUT2D eigenvalue weighted by Crippen LogP contribution is 2.35. The van der Waals surface area contributed by atoms with E-state index in [9.17, 15) is 4.79 Å². The number of carbonyl (C=O) groups is 1. The van der Waals surface area contributed by atoms with Crippen molar-refractivity contribution < 1.29 is 9.53 Å². The zero-order valence-electron chi connectivity index (χ0n) is 13.9. The molecule has 134 valence electrons. The lowest BCUT2D eigenvalue weighted by atomic mass is 10.1. The summed E-state index contributed by atoms with van der Waals surface area (Å²) in [7, 11) is 0. The first-order valence-corrected chi connectivity index (χ1v) is 10.3. The molecule has 1 saturated heterocycles. The highest BCUT2D eigenvalue weighted by atomic mass is 79.9. The molecule has 0 aliphatic carbocycles. The maximum Gasteiger partial charge on any atom is 0.266 e. The summed E-state index contributed by atoms with van der Waals surface area (Å²) in [6.45, 7) is 2.82. The molecule has 0 radical (unpaired) electrons. The summed E-state index contributed by atoms with van der Waals surface area (Å²) in [6, 6.07) is 13.2. The van der Waals surface area contributed by atoms with Gasteiger partial charge in [-0.05, 0) is 37.3 Å². The summed E-state index contributed by atoms with van der Waals surface area (Å²) >= 11 is 16.2. The van der Waals surface area contributed by atoms with Crippen LogP contribution >= 0.6 is 51.5 Å². The molecule has 26 heavy (non-hydrogen) atoms. The summed E-state index contributed by atoms with van der Waals surface area (Å²) in [5.41, 5.74) is 1.71. The van der Waals surface area contributed by atoms with E-state index in [0.29, 0.717) is 33.1 Å². The minimum atomic E-state index is -0.0699. The van der Waals surface area contributed by atoms with Crippen molar-refractivity contribution in [3.05, 3.63) is 68.0 Å². The third-order valence-corrected chi connectivity index (χ3v) is 6.03. The summed E-state index contributed by atoms with van der Waals surface area (Å²) in [4.78, 5) is 14.6. The molecule has 1 amide bonds. The van der Waals surface area contributed by atoms with Gasteiger partial charge in [-0.3, -0.25) is 9.69 Å². The predicted molar refractivity (Wildman–Crippen MR) is 115 cm³/mol. The van der Waals surface area contributed by atoms with Crippen LogP contribution < -0.4 is 4.74 Å². The number of benzene rings is 2. The Kier molecular flexibility index (Phi) is 6.40. The van der Waals surface area contributed by atoms with Crippen LogP contribution in [-0.2, 0) is 11.4 Å². The van der Waals surface area contributed by atoms with Crippen molar-refractivity contribution in [3.8, 4) is 5.75 Å². The first-order valence-electron chi connectivity index (χ1n) is 7.90. The molecule has 7 heteroatoms. The molecule has 0 saturated carbocycles. The number of ether oxygens (including phenoxy) is 1. The molecule has 1 heterocycles. The Balaban J connectivity index is 1.87. The van der Waals surface area contributed by atoms with Crippen LogP contribution in [0.4, 0.5) is 0 Å². The SMILES string of the molecule is CCN1C(=O)/C(=C/c2cc(Br)ccc2OCc2ccccc2Cl)SC1=S. The van der Waals surface area contributed by atoms with Gasteiger partial charge in [0.1, 0.15) is 16.7 Å². The second kappa shape index (κ2) is 8.57. The topological polar surface area (TPSA) is 29.5 Å². The van der Waals surface area contributed by atoms with Gasteiger partial charge in [0, 0.05) is 27.2 Å². The number of halogens is 2. The van der Waals surface area contributed by atoms with E-state index < -0.39 is 0 Å². The van der Waals surface area contributed by atoms with E-state index in [0.717, 1.165) is 15.6 Å². The molecule has 0 bridgehead atoms. The maximum atomic E-state index is 12.5. The largest absolute Gasteiger partial charge is 0.488 e. The molecule has 0 atom stereocenters. The fourth-order valence-corrected chi connectivity index (χ4v) is 4.39. The van der Waals surface area contributed by atoms with Crippen LogP contribution in [0.5, 0.6) is 5.75 Å². The molecule has 0 unspecified atom stereocenters. The smallest absolute Gasteiger partial charge is 0.266 e. The fourth-order valence-electron chi connectivity index (χ4n) is 2.45. The molecular formula is C19H15BrClNO2S2. The van der Waals surface area contributed by atoms with Crippen molar-refractivity contribution in [2.45, 2.75) is 13.5 Å². The highest BCUT2D eigenvalue weighted by Gasteiger charge is 2.30. The van der Waals surface area contributed by atoms with Crippen LogP contribution in [0.2, 0.25) is 5.02 Å². The Morgan fingerprint density at radius 1 is 1.31 bits per heavy atom. The maximum absolute atomic E-state index is 12.5. The van der Waals surface area contributed by atoms with Crippen molar-refractivity contribution in [3.63, 3.8) is 0 Å². The van der Waals surface area contributed by atoms with Crippen LogP contribution in [0.1, 0.15) is 18.1 Å². The number of thioether (sulfide) groups is 1. The summed E-state index contributed by atoms with van der Waals surface area (Å²) in [6.07, 6.45) is 1.82. The minimum Gasteiger partial charge on any atom is -0.488 e. The van der Waals surface area contributed by atoms with Gasteiger partial charge < -0.3 is 4.74 Å². The second-order valence-electron chi connectivity index (χ2n) is 5.49. The van der Waals surface area contributed by atoms with E-state index in [2.05, 4.69) is 15.9 Å². The number of nitrogens with zero attached hydrogens (tertiary/aromatic N) is 1. The van der Waals surface area contributed by atoms with Crippen LogP contribution in [0, 0.1) is 0 Å². The van der Waals surface area contributed by atoms with E-state index in [1.165, 1.54) is 11.8 Å². The van der Waals surface area contributed by atoms with Crippen molar-refractivity contribution in [1.29, 1.82) is 0 Å². The summed E-state index contributed by atoms with van der Waals surface area (Å²) in [5.74, 6) is 0.606. The Hall–Kier alpha value is -1.34. The van der Waals surface area contributed by atoms with Gasteiger partial charge in [-0.25, -0.2) is 0 Å². The van der Waals surface area contributed by atoms with Gasteiger partial charge in [-0.2, -0.15) is 0 Å². The van der Waals surface area contributed by atoms with Crippen molar-refractivity contribution in [2.24, 2.45) is 0 Å². The Labute approximate surface area is 175 Å². The van der Waals surface area contributed by atoms with Crippen LogP contribution in [0.15, 0.2) is 51.8 Å². The molecule has 3 nitrogen and oxygen atoms in total. The molecule has 3 rings (SSSR count). The highest BCUT2D eigenvalue weighted by molar-refractivity contribution is 9.10. The number of thiocarbonyl (C=S) groups is 1. The molecule has 1 aliphatic heterocycles. The normalized spacial score (nSPS) is 15.8. The van der Waals surface area contributed by atoms with Gasteiger partial charge >= 0.3 is 0 Å². The predicted octanol–water partition coefficient (Wildman–Crippen LogP) is 5.90. The first kappa shape index (κ1) is 19.4. The van der Waals surface area contributed by atoms with Gasteiger partial charge in [-0.1, -0.05) is 69.7 Å². The number of hydrogen-bond donors (Lipinski definition) is 0. The molecule has 1 fully saturated rings. The number of amides is 1. The minimum absolute atomic E-state index is 0.0699. The quantitative estimate of drug-likeness (QED) is 0.403. The van der Waals surface area contributed by atoms with E-state index in [1.54, 1.807) is 4.90 Å². The molecule has 2 aromatic carbocycles. The Bertz CT molecular complexity index is 901. The van der Waals surface area contributed by atoms with Crippen LogP contribution in [0.25, 0.3) is 6.08 Å². The average Bonchev–Trinajstić information content (AvgIpc) is 2.88. The van der Waals surface area contributed by atoms with Crippen molar-refractivity contribution >= 4 is 67.8 Å². The lowest BCUT2D eigenvalue weighted by Crippen LogP contribution is -2.27. The molecule has 2 aromatic rings. The standard InChI is InChI=1S/C19H15BrClNO2S2/c1-2-22-18(23)17(26-19(22)25)10-13-9-14(20)7-8-16(13)24-11-12-5-3-4-6-15(12)21/h3-10H,2,11H2,1H3/b17-10-. The number of rotatable bonds is 5. The van der Waals surface area contributed by atoms with Gasteiger partial charge in [0.2, 0.25) is 0 Å². The lowest BCUT2D eigenvalue weighted by Gasteiger charge is -2.12. The van der Waals surface area contributed by atoms with Gasteiger partial charge in [-0.15, -0.1) is 0 Å². The third-order valence-electron chi connectivity index (χ3n) is 3.79. The summed E-state index contributed by atoms with van der Waals surface area (Å²) in [5, 5.41) is 0.662. The van der Waals surface area contributed by atoms with E-state index in [1.807, 2.05) is 55.5 Å².